The van der Waals surface area contributed by atoms with Crippen LogP contribution in [-0.4, -0.2) is 84.5 Å². The van der Waals surface area contributed by atoms with Crippen molar-refractivity contribution in [2.45, 2.75) is 39.9 Å². The fraction of sp³-hybridized carbons (Fsp3) is 0.300. The molecule has 212 valence electrons. The Morgan fingerprint density at radius 3 is 1.66 bits per heavy atom. The molecule has 0 spiro atoms. The Kier molecular flexibility index (Phi) is 10.1. The van der Waals surface area contributed by atoms with Gasteiger partial charge in [0.25, 0.3) is 15.7 Å². The predicted octanol–water partition coefficient (Wildman–Crippen LogP) is -0.121. The van der Waals surface area contributed by atoms with Gasteiger partial charge in [0.1, 0.15) is 18.5 Å². The third-order valence-electron chi connectivity index (χ3n) is 4.91. The number of anilines is 2. The van der Waals surface area contributed by atoms with Crippen LogP contribution in [0.2, 0.25) is 0 Å². The molecule has 0 amide bonds. The van der Waals surface area contributed by atoms with Crippen LogP contribution in [0, 0.1) is 0 Å². The average Bonchev–Trinajstić information content (AvgIpc) is 2.85. The number of sulfone groups is 1. The van der Waals surface area contributed by atoms with Crippen LogP contribution in [0.5, 0.6) is 0 Å². The molecule has 0 saturated heterocycles. The van der Waals surface area contributed by atoms with Crippen LogP contribution in [0.25, 0.3) is 0 Å². The van der Waals surface area contributed by atoms with Crippen LogP contribution in [0.1, 0.15) is 6.92 Å². The Hall–Kier alpha value is -2.97. The highest BCUT2D eigenvalue weighted by atomic mass is 32.2. The smallest absolute Gasteiger partial charge is 0.323 e. The molecule has 0 saturated carbocycles. The molecule has 0 aromatic heterocycles. The Labute approximate surface area is 218 Å². The Balaban J connectivity index is 2.23. The van der Waals surface area contributed by atoms with Crippen LogP contribution in [0.15, 0.2) is 70.3 Å². The van der Waals surface area contributed by atoms with E-state index in [9.17, 15) is 45.1 Å². The summed E-state index contributed by atoms with van der Waals surface area (Å²) >= 11 is 0. The minimum Gasteiger partial charge on any atom is -0.512 e. The summed E-state index contributed by atoms with van der Waals surface area (Å²) in [5.41, 5.74) is -2.19. The Morgan fingerprint density at radius 2 is 1.29 bits per heavy atom. The zero-order chi connectivity index (χ0) is 28.9. The molecule has 2 rings (SSSR count). The predicted molar refractivity (Wildman–Crippen MR) is 133 cm³/mol. The summed E-state index contributed by atoms with van der Waals surface area (Å²) in [7, 11) is -13.5. The summed E-state index contributed by atoms with van der Waals surface area (Å²) < 4.78 is 94.9. The molecule has 4 atom stereocenters. The SMILES string of the molecule is CC(Nc1ccc(S(=O)(=O)c2ccc(NC(O/C(=C/O)C(O)C(O)CO)S(=O)(=O)O)cc2)cc1)S(=O)(=O)O. The third-order valence-corrected chi connectivity index (χ3v) is 8.47. The van der Waals surface area contributed by atoms with Crippen molar-refractivity contribution in [3.63, 3.8) is 0 Å². The number of aliphatic hydroxyl groups excluding tert-OH is 4. The van der Waals surface area contributed by atoms with E-state index in [4.69, 9.17) is 14.4 Å². The van der Waals surface area contributed by atoms with Crippen LogP contribution >= 0.6 is 0 Å². The second kappa shape index (κ2) is 12.3. The zero-order valence-corrected chi connectivity index (χ0v) is 21.9. The third kappa shape index (κ3) is 8.01. The van der Waals surface area contributed by atoms with Crippen LogP contribution in [0.4, 0.5) is 11.4 Å². The molecule has 2 aromatic rings. The molecule has 38 heavy (non-hydrogen) atoms. The minimum atomic E-state index is -5.06. The number of hydrogen-bond acceptors (Lipinski definition) is 13. The van der Waals surface area contributed by atoms with Crippen molar-refractivity contribution in [2.24, 2.45) is 0 Å². The summed E-state index contributed by atoms with van der Waals surface area (Å²) in [4.78, 5) is -0.395. The molecule has 0 aliphatic carbocycles. The van der Waals surface area contributed by atoms with Crippen molar-refractivity contribution in [1.82, 2.24) is 0 Å². The van der Waals surface area contributed by atoms with Crippen molar-refractivity contribution < 1.29 is 59.5 Å². The van der Waals surface area contributed by atoms with Gasteiger partial charge in [-0.25, -0.2) is 8.42 Å². The lowest BCUT2D eigenvalue weighted by Crippen LogP contribution is -2.38. The molecule has 18 heteroatoms. The Morgan fingerprint density at radius 1 is 0.842 bits per heavy atom. The zero-order valence-electron chi connectivity index (χ0n) is 19.5. The van der Waals surface area contributed by atoms with Gasteiger partial charge in [-0.3, -0.25) is 9.11 Å². The maximum absolute atomic E-state index is 12.9. The van der Waals surface area contributed by atoms with Gasteiger partial charge in [-0.1, -0.05) is 0 Å². The van der Waals surface area contributed by atoms with Crippen molar-refractivity contribution in [3.05, 3.63) is 60.6 Å². The summed E-state index contributed by atoms with van der Waals surface area (Å²) in [6.45, 7) is 0.222. The van der Waals surface area contributed by atoms with Crippen molar-refractivity contribution in [2.75, 3.05) is 17.2 Å². The Bertz CT molecular complexity index is 1440. The van der Waals surface area contributed by atoms with Crippen LogP contribution < -0.4 is 10.6 Å². The molecular formula is C20H26N2O13S3. The van der Waals surface area contributed by atoms with Gasteiger partial charge in [0.05, 0.1) is 16.4 Å². The quantitative estimate of drug-likeness (QED) is 0.0849. The van der Waals surface area contributed by atoms with E-state index >= 15 is 0 Å². The maximum Gasteiger partial charge on any atom is 0.323 e. The van der Waals surface area contributed by atoms with E-state index in [0.717, 1.165) is 24.3 Å². The van der Waals surface area contributed by atoms with E-state index < -0.39 is 65.6 Å². The molecule has 0 fully saturated rings. The van der Waals surface area contributed by atoms with Gasteiger partial charge in [-0.05, 0) is 55.5 Å². The second-order valence-electron chi connectivity index (χ2n) is 7.69. The van der Waals surface area contributed by atoms with Crippen molar-refractivity contribution >= 4 is 41.4 Å². The van der Waals surface area contributed by atoms with E-state index in [-0.39, 0.29) is 27.4 Å². The summed E-state index contributed by atoms with van der Waals surface area (Å²) in [5.74, 6) is -0.912. The normalized spacial score (nSPS) is 16.2. The lowest BCUT2D eigenvalue weighted by molar-refractivity contribution is -0.0282. The molecule has 0 heterocycles. The van der Waals surface area contributed by atoms with Gasteiger partial charge in [-0.2, -0.15) is 16.8 Å². The highest BCUT2D eigenvalue weighted by molar-refractivity contribution is 7.91. The number of ether oxygens (including phenoxy) is 1. The fourth-order valence-electron chi connectivity index (χ4n) is 2.80. The van der Waals surface area contributed by atoms with Gasteiger partial charge >= 0.3 is 10.1 Å². The van der Waals surface area contributed by atoms with Gasteiger partial charge in [0.15, 0.2) is 11.1 Å². The largest absolute Gasteiger partial charge is 0.512 e. The van der Waals surface area contributed by atoms with E-state index in [1.807, 2.05) is 0 Å². The molecule has 0 radical (unpaired) electrons. The average molecular weight is 599 g/mol. The number of hydrogen-bond donors (Lipinski definition) is 8. The summed E-state index contributed by atoms with van der Waals surface area (Å²) in [6, 6.07) is 9.39. The highest BCUT2D eigenvalue weighted by Gasteiger charge is 2.31. The number of benzene rings is 2. The lowest BCUT2D eigenvalue weighted by atomic mass is 10.2. The van der Waals surface area contributed by atoms with Crippen molar-refractivity contribution in [3.8, 4) is 0 Å². The first-order chi connectivity index (χ1) is 17.5. The van der Waals surface area contributed by atoms with E-state index in [1.54, 1.807) is 0 Å². The lowest BCUT2D eigenvalue weighted by Gasteiger charge is -2.24. The first-order valence-corrected chi connectivity index (χ1v) is 14.9. The van der Waals surface area contributed by atoms with Gasteiger partial charge in [-0.15, -0.1) is 0 Å². The topological polar surface area (TPSA) is 257 Å². The van der Waals surface area contributed by atoms with E-state index in [0.29, 0.717) is 0 Å². The van der Waals surface area contributed by atoms with E-state index in [2.05, 4.69) is 10.6 Å². The molecular weight excluding hydrogens is 572 g/mol. The second-order valence-corrected chi connectivity index (χ2v) is 12.8. The summed E-state index contributed by atoms with van der Waals surface area (Å²) in [5, 5.41) is 40.7. The van der Waals surface area contributed by atoms with E-state index in [1.165, 1.54) is 31.2 Å². The molecule has 2 aromatic carbocycles. The van der Waals surface area contributed by atoms with Crippen molar-refractivity contribution in [1.29, 1.82) is 0 Å². The number of rotatable bonds is 13. The molecule has 0 bridgehead atoms. The molecule has 0 aliphatic rings. The highest BCUT2D eigenvalue weighted by Crippen LogP contribution is 2.25. The first-order valence-electron chi connectivity index (χ1n) is 10.4. The van der Waals surface area contributed by atoms with Crippen LogP contribution in [-0.2, 0) is 34.8 Å². The maximum atomic E-state index is 12.9. The summed E-state index contributed by atoms with van der Waals surface area (Å²) in [6.07, 6.45) is -3.79. The first kappa shape index (κ1) is 31.2. The van der Waals surface area contributed by atoms with Gasteiger partial charge < -0.3 is 35.8 Å². The fourth-order valence-corrected chi connectivity index (χ4v) is 4.86. The molecule has 0 aliphatic heterocycles. The molecule has 4 unspecified atom stereocenters. The van der Waals surface area contributed by atoms with Gasteiger partial charge in [0, 0.05) is 11.4 Å². The van der Waals surface area contributed by atoms with Crippen LogP contribution in [0.3, 0.4) is 0 Å². The molecule has 8 N–H and O–H groups in total. The molecule has 15 nitrogen and oxygen atoms in total. The number of aliphatic hydroxyl groups is 4. The van der Waals surface area contributed by atoms with Gasteiger partial charge in [0.2, 0.25) is 9.84 Å². The standard InChI is InChI=1S/C20H26N2O13S3/c1-12(37(29,30)31)21-13-2-6-15(7-3-13)36(27,28)16-8-4-14(5-9-16)22-20(38(32,33)34)35-18(11-24)19(26)17(25)10-23/h2-9,11-12,17,19-26H,10H2,1H3,(H,29,30,31)(H,32,33,34)/b18-11+. The number of nitrogens with one attached hydrogen (secondary N) is 2. The monoisotopic (exact) mass is 598 g/mol. The minimum absolute atomic E-state index is 0.0835.